The summed E-state index contributed by atoms with van der Waals surface area (Å²) in [4.78, 5) is 12.0. The lowest BCUT2D eigenvalue weighted by Gasteiger charge is -1.99. The number of phenols is 1. The predicted octanol–water partition coefficient (Wildman–Crippen LogP) is 0.666. The standard InChI is InChI=1S/C11H9N3O3S/c12-11(18)14-13-4-6-5-17-9-2-1-7(15)3-8(9)10(6)16/h1-5,15H,(H3,12,14,18). The molecule has 0 aliphatic rings. The third kappa shape index (κ3) is 2.46. The number of rotatable bonds is 2. The van der Waals surface area contributed by atoms with Crippen molar-refractivity contribution in [3.63, 3.8) is 0 Å². The number of hydrogen-bond donors (Lipinski definition) is 3. The van der Waals surface area contributed by atoms with E-state index in [1.807, 2.05) is 0 Å². The number of thiocarbonyl (C=S) groups is 1. The Bertz CT molecular complexity index is 693. The van der Waals surface area contributed by atoms with Gasteiger partial charge in [-0.1, -0.05) is 0 Å². The van der Waals surface area contributed by atoms with E-state index in [9.17, 15) is 9.90 Å². The lowest BCUT2D eigenvalue weighted by molar-refractivity contribution is 0.475. The maximum atomic E-state index is 12.0. The Morgan fingerprint density at radius 2 is 2.33 bits per heavy atom. The molecule has 0 amide bonds. The van der Waals surface area contributed by atoms with Crippen LogP contribution in [0.3, 0.4) is 0 Å². The van der Waals surface area contributed by atoms with Crippen molar-refractivity contribution in [1.82, 2.24) is 5.43 Å². The molecule has 92 valence electrons. The molecule has 0 saturated heterocycles. The van der Waals surface area contributed by atoms with Crippen LogP contribution in [0.1, 0.15) is 5.56 Å². The fourth-order valence-electron chi connectivity index (χ4n) is 1.39. The second-order valence-electron chi connectivity index (χ2n) is 3.43. The zero-order valence-electron chi connectivity index (χ0n) is 9.08. The van der Waals surface area contributed by atoms with Gasteiger partial charge in [0, 0.05) is 0 Å². The summed E-state index contributed by atoms with van der Waals surface area (Å²) in [5.74, 6) is -0.00912. The van der Waals surface area contributed by atoms with Crippen molar-refractivity contribution < 1.29 is 9.52 Å². The summed E-state index contributed by atoms with van der Waals surface area (Å²) in [5.41, 5.74) is 7.81. The second-order valence-corrected chi connectivity index (χ2v) is 3.87. The molecule has 0 aliphatic carbocycles. The SMILES string of the molecule is NC(=S)NN=Cc1coc2ccc(O)cc2c1=O. The lowest BCUT2D eigenvalue weighted by Crippen LogP contribution is -2.24. The van der Waals surface area contributed by atoms with E-state index >= 15 is 0 Å². The van der Waals surface area contributed by atoms with Crippen LogP contribution < -0.4 is 16.6 Å². The molecule has 0 aliphatic heterocycles. The lowest BCUT2D eigenvalue weighted by atomic mass is 10.2. The van der Waals surface area contributed by atoms with Crippen molar-refractivity contribution in [2.24, 2.45) is 10.8 Å². The van der Waals surface area contributed by atoms with Crippen molar-refractivity contribution in [1.29, 1.82) is 0 Å². The highest BCUT2D eigenvalue weighted by atomic mass is 32.1. The van der Waals surface area contributed by atoms with Gasteiger partial charge in [-0.05, 0) is 30.4 Å². The highest BCUT2D eigenvalue weighted by Gasteiger charge is 2.05. The maximum Gasteiger partial charge on any atom is 0.201 e. The maximum absolute atomic E-state index is 12.0. The van der Waals surface area contributed by atoms with Gasteiger partial charge in [0.05, 0.1) is 17.2 Å². The number of benzene rings is 1. The molecular formula is C11H9N3O3S. The molecule has 0 radical (unpaired) electrons. The molecular weight excluding hydrogens is 254 g/mol. The molecule has 0 spiro atoms. The Hall–Kier alpha value is -2.41. The second kappa shape index (κ2) is 4.84. The highest BCUT2D eigenvalue weighted by molar-refractivity contribution is 7.80. The quantitative estimate of drug-likeness (QED) is 0.418. The predicted molar refractivity (Wildman–Crippen MR) is 71.7 cm³/mol. The van der Waals surface area contributed by atoms with Crippen LogP contribution >= 0.6 is 12.2 Å². The van der Waals surface area contributed by atoms with Crippen LogP contribution in [0.15, 0.2) is 38.8 Å². The Morgan fingerprint density at radius 1 is 1.56 bits per heavy atom. The molecule has 4 N–H and O–H groups in total. The number of phenolic OH excluding ortho intramolecular Hbond substituents is 1. The Kier molecular flexibility index (Phi) is 3.24. The van der Waals surface area contributed by atoms with Gasteiger partial charge in [-0.2, -0.15) is 5.10 Å². The molecule has 2 aromatic rings. The molecule has 0 bridgehead atoms. The van der Waals surface area contributed by atoms with E-state index in [-0.39, 0.29) is 27.2 Å². The summed E-state index contributed by atoms with van der Waals surface area (Å²) in [6.45, 7) is 0. The summed E-state index contributed by atoms with van der Waals surface area (Å²) in [7, 11) is 0. The normalized spacial score (nSPS) is 10.9. The molecule has 0 saturated carbocycles. The average Bonchev–Trinajstić information content (AvgIpc) is 2.32. The number of hydrogen-bond acceptors (Lipinski definition) is 5. The summed E-state index contributed by atoms with van der Waals surface area (Å²) in [6.07, 6.45) is 2.51. The first-order chi connectivity index (χ1) is 8.58. The van der Waals surface area contributed by atoms with Crippen LogP contribution in [0.4, 0.5) is 0 Å². The number of hydrazone groups is 1. The topological polar surface area (TPSA) is 101 Å². The van der Waals surface area contributed by atoms with Crippen molar-refractivity contribution in [2.75, 3.05) is 0 Å². The van der Waals surface area contributed by atoms with Crippen LogP contribution in [-0.2, 0) is 0 Å². The van der Waals surface area contributed by atoms with Gasteiger partial charge in [0.1, 0.15) is 17.6 Å². The van der Waals surface area contributed by atoms with Crippen LogP contribution in [0.2, 0.25) is 0 Å². The average molecular weight is 263 g/mol. The Labute approximate surface area is 107 Å². The summed E-state index contributed by atoms with van der Waals surface area (Å²) < 4.78 is 5.24. The molecule has 7 heteroatoms. The van der Waals surface area contributed by atoms with Crippen LogP contribution in [0.5, 0.6) is 5.75 Å². The number of fused-ring (bicyclic) bond motifs is 1. The molecule has 1 aromatic carbocycles. The van der Waals surface area contributed by atoms with E-state index in [4.69, 9.17) is 10.2 Å². The number of nitrogens with two attached hydrogens (primary N) is 1. The largest absolute Gasteiger partial charge is 0.508 e. The molecule has 0 fully saturated rings. The zero-order chi connectivity index (χ0) is 13.1. The monoisotopic (exact) mass is 263 g/mol. The van der Waals surface area contributed by atoms with Crippen LogP contribution in [0, 0.1) is 0 Å². The van der Waals surface area contributed by atoms with E-state index in [2.05, 4.69) is 22.7 Å². The molecule has 0 atom stereocenters. The zero-order valence-corrected chi connectivity index (χ0v) is 9.90. The molecule has 18 heavy (non-hydrogen) atoms. The van der Waals surface area contributed by atoms with E-state index in [1.54, 1.807) is 0 Å². The van der Waals surface area contributed by atoms with Crippen molar-refractivity contribution in [3.8, 4) is 5.75 Å². The first kappa shape index (κ1) is 12.1. The molecule has 0 unspecified atom stereocenters. The van der Waals surface area contributed by atoms with Gasteiger partial charge in [-0.25, -0.2) is 0 Å². The summed E-state index contributed by atoms with van der Waals surface area (Å²) in [6, 6.07) is 4.28. The van der Waals surface area contributed by atoms with E-state index in [0.717, 1.165) is 0 Å². The number of aromatic hydroxyl groups is 1. The third-order valence-electron chi connectivity index (χ3n) is 2.16. The summed E-state index contributed by atoms with van der Waals surface area (Å²) >= 11 is 4.56. The van der Waals surface area contributed by atoms with E-state index in [0.29, 0.717) is 5.58 Å². The van der Waals surface area contributed by atoms with Gasteiger partial charge < -0.3 is 15.3 Å². The molecule has 6 nitrogen and oxygen atoms in total. The minimum Gasteiger partial charge on any atom is -0.508 e. The Morgan fingerprint density at radius 3 is 3.06 bits per heavy atom. The smallest absolute Gasteiger partial charge is 0.201 e. The number of nitrogens with zero attached hydrogens (tertiary/aromatic N) is 1. The van der Waals surface area contributed by atoms with Crippen molar-refractivity contribution in [3.05, 3.63) is 40.2 Å². The minimum absolute atomic E-state index is 0.00549. The third-order valence-corrected chi connectivity index (χ3v) is 2.25. The molecule has 1 aromatic heterocycles. The summed E-state index contributed by atoms with van der Waals surface area (Å²) in [5, 5.41) is 13.3. The van der Waals surface area contributed by atoms with Gasteiger partial charge in [-0.15, -0.1) is 0 Å². The van der Waals surface area contributed by atoms with Gasteiger partial charge in [0.15, 0.2) is 5.11 Å². The van der Waals surface area contributed by atoms with Gasteiger partial charge in [0.25, 0.3) is 0 Å². The van der Waals surface area contributed by atoms with E-state index < -0.39 is 0 Å². The number of nitrogens with one attached hydrogen (secondary N) is 1. The van der Waals surface area contributed by atoms with Gasteiger partial charge in [-0.3, -0.25) is 10.2 Å². The van der Waals surface area contributed by atoms with Crippen LogP contribution in [-0.4, -0.2) is 16.4 Å². The minimum atomic E-state index is -0.305. The highest BCUT2D eigenvalue weighted by Crippen LogP contribution is 2.16. The molecule has 1 heterocycles. The first-order valence-corrected chi connectivity index (χ1v) is 5.32. The van der Waals surface area contributed by atoms with Crippen molar-refractivity contribution in [2.45, 2.75) is 0 Å². The molecule has 2 rings (SSSR count). The van der Waals surface area contributed by atoms with Crippen LogP contribution in [0.25, 0.3) is 11.0 Å². The van der Waals surface area contributed by atoms with E-state index in [1.165, 1.54) is 30.7 Å². The first-order valence-electron chi connectivity index (χ1n) is 4.91. The van der Waals surface area contributed by atoms with Crippen molar-refractivity contribution >= 4 is 34.5 Å². The van der Waals surface area contributed by atoms with Gasteiger partial charge in [0.2, 0.25) is 5.43 Å². The fraction of sp³-hybridized carbons (Fsp3) is 0. The van der Waals surface area contributed by atoms with Gasteiger partial charge >= 0.3 is 0 Å². The fourth-order valence-corrected chi connectivity index (χ4v) is 1.44. The Balaban J connectivity index is 2.47.